The number of nitrogens with zero attached hydrogens (tertiary/aromatic N) is 1. The average Bonchev–Trinajstić information content (AvgIpc) is 3.36. The molecule has 0 rings (SSSR count). The Hall–Kier alpha value is -3.85. The minimum absolute atomic E-state index is 0.0135. The van der Waals surface area contributed by atoms with Gasteiger partial charge in [0.2, 0.25) is 0 Å². The van der Waals surface area contributed by atoms with Crippen LogP contribution in [0, 0.1) is 0 Å². The van der Waals surface area contributed by atoms with Crippen molar-refractivity contribution in [3.05, 3.63) is 134 Å². The number of hydrogen-bond acceptors (Lipinski definition) is 7. The number of phosphoric ester groups is 1. The smallest absolute Gasteiger partial charge is 0.462 e. The van der Waals surface area contributed by atoms with E-state index in [1.54, 1.807) is 0 Å². The quantitative estimate of drug-likeness (QED) is 0.0211. The number of likely N-dealkylation sites (N-methyl/N-ethyl adjacent to an activating group) is 1. The van der Waals surface area contributed by atoms with Crippen LogP contribution in [0.5, 0.6) is 0 Å². The second-order valence-electron chi connectivity index (χ2n) is 19.9. The maximum atomic E-state index is 12.8. The zero-order valence-corrected chi connectivity index (χ0v) is 48.4. The number of unbranched alkanes of at least 4 members (excludes halogenated alkanes) is 15. The minimum Gasteiger partial charge on any atom is -0.462 e. The molecule has 0 aromatic carbocycles. The van der Waals surface area contributed by atoms with E-state index in [2.05, 4.69) is 141 Å². The summed E-state index contributed by atoms with van der Waals surface area (Å²) in [5, 5.41) is 0. The first-order valence-corrected chi connectivity index (χ1v) is 30.4. The Morgan fingerprint density at radius 1 is 0.419 bits per heavy atom. The molecule has 74 heavy (non-hydrogen) atoms. The summed E-state index contributed by atoms with van der Waals surface area (Å²) >= 11 is 0. The normalized spacial score (nSPS) is 14.3. The van der Waals surface area contributed by atoms with Gasteiger partial charge in [0.1, 0.15) is 19.8 Å². The van der Waals surface area contributed by atoms with Gasteiger partial charge in [0.25, 0.3) is 0 Å². The van der Waals surface area contributed by atoms with Gasteiger partial charge < -0.3 is 18.9 Å². The molecule has 0 heterocycles. The van der Waals surface area contributed by atoms with E-state index in [-0.39, 0.29) is 32.0 Å². The van der Waals surface area contributed by atoms with Gasteiger partial charge in [-0.2, -0.15) is 0 Å². The fourth-order valence-electron chi connectivity index (χ4n) is 7.29. The number of esters is 2. The van der Waals surface area contributed by atoms with Crippen LogP contribution >= 0.6 is 7.82 Å². The van der Waals surface area contributed by atoms with E-state index in [9.17, 15) is 19.0 Å². The molecule has 0 aliphatic carbocycles. The van der Waals surface area contributed by atoms with Crippen LogP contribution in [0.15, 0.2) is 134 Å². The number of ether oxygens (including phenoxy) is 2. The highest BCUT2D eigenvalue weighted by Crippen LogP contribution is 2.43. The van der Waals surface area contributed by atoms with Crippen molar-refractivity contribution < 1.29 is 42.1 Å². The topological polar surface area (TPSA) is 108 Å². The number of quaternary nitrogens is 1. The predicted octanol–water partition coefficient (Wildman–Crippen LogP) is 18.1. The van der Waals surface area contributed by atoms with E-state index in [0.29, 0.717) is 23.9 Å². The molecule has 2 unspecified atom stereocenters. The average molecular weight is 1050 g/mol. The highest BCUT2D eigenvalue weighted by molar-refractivity contribution is 7.47. The lowest BCUT2D eigenvalue weighted by atomic mass is 10.0. The van der Waals surface area contributed by atoms with Crippen molar-refractivity contribution in [3.63, 3.8) is 0 Å². The molecule has 0 aliphatic heterocycles. The lowest BCUT2D eigenvalue weighted by Gasteiger charge is -2.24. The van der Waals surface area contributed by atoms with Gasteiger partial charge >= 0.3 is 19.8 Å². The van der Waals surface area contributed by atoms with Crippen LogP contribution < -0.4 is 0 Å². The maximum Gasteiger partial charge on any atom is 0.472 e. The number of carbonyl (C=O) groups is 2. The maximum absolute atomic E-state index is 12.8. The Bertz CT molecular complexity index is 1710. The first kappa shape index (κ1) is 70.1. The van der Waals surface area contributed by atoms with Crippen LogP contribution in [0.3, 0.4) is 0 Å². The standard InChI is InChI=1S/C64H106NO8P/c1-6-8-10-12-14-16-18-20-22-24-26-28-30-31-32-33-35-36-38-40-42-44-46-48-50-52-54-56-63(66)70-60-62(61-72-74(68,69)71-59-58-65(3,4)5)73-64(67)57-55-53-51-49-47-45-43-41-39-37-34-29-27-25-23-21-19-17-15-13-11-9-7-2/h8-11,14-17,20-23,26-29,37,39,43,45,49,51,62H,6-7,12-13,18-19,24-25,30-36,38,40-42,44,46-48,50,52-61H2,1-5H3/p+1/b10-8-,11-9-,16-14-,17-15-,22-20-,23-21-,28-26-,29-27-,39-37-,45-43-,51-49-. The van der Waals surface area contributed by atoms with Crippen LogP contribution in [0.25, 0.3) is 0 Å². The van der Waals surface area contributed by atoms with Crippen molar-refractivity contribution in [2.24, 2.45) is 0 Å². The summed E-state index contributed by atoms with van der Waals surface area (Å²) in [5.41, 5.74) is 0. The predicted molar refractivity (Wildman–Crippen MR) is 316 cm³/mol. The van der Waals surface area contributed by atoms with Crippen molar-refractivity contribution in [2.45, 2.75) is 213 Å². The van der Waals surface area contributed by atoms with E-state index >= 15 is 0 Å². The molecule has 0 aromatic heterocycles. The number of allylic oxidation sites excluding steroid dienone is 22. The Morgan fingerprint density at radius 2 is 0.743 bits per heavy atom. The van der Waals surface area contributed by atoms with E-state index in [4.69, 9.17) is 18.5 Å². The Kier molecular flexibility index (Phi) is 51.2. The molecule has 0 fully saturated rings. The molecule has 0 spiro atoms. The number of rotatable bonds is 51. The molecule has 10 heteroatoms. The fraction of sp³-hybridized carbons (Fsp3) is 0.625. The van der Waals surface area contributed by atoms with Crippen LogP contribution in [-0.2, 0) is 32.7 Å². The van der Waals surface area contributed by atoms with Gasteiger partial charge in [-0.15, -0.1) is 0 Å². The first-order valence-electron chi connectivity index (χ1n) is 28.9. The van der Waals surface area contributed by atoms with E-state index < -0.39 is 26.5 Å². The van der Waals surface area contributed by atoms with E-state index in [1.165, 1.54) is 77.0 Å². The SMILES string of the molecule is CC/C=C\C/C=C\C/C=C\C/C=C\C/C=C\C/C=C\C/C=C\CCCC(=O)OC(COC(=O)CCCCCCCCCCCCCCCC/C=C\C/C=C\C/C=C\C/C=C\CC)COP(=O)(O)OCC[N+](C)(C)C. The third-order valence-electron chi connectivity index (χ3n) is 11.7. The van der Waals surface area contributed by atoms with Gasteiger partial charge in [0.05, 0.1) is 27.7 Å². The molecule has 1 N–H and O–H groups in total. The van der Waals surface area contributed by atoms with E-state index in [1.807, 2.05) is 27.2 Å². The summed E-state index contributed by atoms with van der Waals surface area (Å²) in [5.74, 6) is -0.876. The molecule has 9 nitrogen and oxygen atoms in total. The summed E-state index contributed by atoms with van der Waals surface area (Å²) in [4.78, 5) is 35.7. The second kappa shape index (κ2) is 54.0. The molecule has 0 amide bonds. The van der Waals surface area contributed by atoms with Crippen molar-refractivity contribution >= 4 is 19.8 Å². The minimum atomic E-state index is -4.41. The monoisotopic (exact) mass is 1050 g/mol. The third kappa shape index (κ3) is 57.4. The highest BCUT2D eigenvalue weighted by atomic mass is 31.2. The summed E-state index contributed by atoms with van der Waals surface area (Å²) in [7, 11) is 1.42. The second-order valence-corrected chi connectivity index (χ2v) is 21.4. The summed E-state index contributed by atoms with van der Waals surface area (Å²) in [6, 6.07) is 0. The lowest BCUT2D eigenvalue weighted by molar-refractivity contribution is -0.870. The number of phosphoric acid groups is 1. The van der Waals surface area contributed by atoms with Gasteiger partial charge in [-0.25, -0.2) is 4.57 Å². The number of carbonyl (C=O) groups excluding carboxylic acids is 2. The zero-order valence-electron chi connectivity index (χ0n) is 47.5. The van der Waals surface area contributed by atoms with Crippen molar-refractivity contribution in [3.8, 4) is 0 Å². The van der Waals surface area contributed by atoms with Crippen LogP contribution in [-0.4, -0.2) is 74.9 Å². The third-order valence-corrected chi connectivity index (χ3v) is 12.7. The molecule has 420 valence electrons. The Labute approximate surface area is 453 Å². The molecule has 0 saturated carbocycles. The van der Waals surface area contributed by atoms with Gasteiger partial charge in [-0.1, -0.05) is 225 Å². The molecule has 0 aromatic rings. The molecule has 2 atom stereocenters. The molecule has 0 radical (unpaired) electrons. The van der Waals surface area contributed by atoms with Crippen molar-refractivity contribution in [1.82, 2.24) is 0 Å². The van der Waals surface area contributed by atoms with Gasteiger partial charge in [0.15, 0.2) is 6.10 Å². The van der Waals surface area contributed by atoms with Gasteiger partial charge in [0, 0.05) is 12.8 Å². The summed E-state index contributed by atoms with van der Waals surface area (Å²) in [6.45, 7) is 4.13. The highest BCUT2D eigenvalue weighted by Gasteiger charge is 2.27. The van der Waals surface area contributed by atoms with Crippen LogP contribution in [0.4, 0.5) is 0 Å². The largest absolute Gasteiger partial charge is 0.472 e. The molecular formula is C64H107NO8P+. The van der Waals surface area contributed by atoms with E-state index in [0.717, 1.165) is 89.9 Å². The zero-order chi connectivity index (χ0) is 54.2. The molecule has 0 aliphatic rings. The van der Waals surface area contributed by atoms with Gasteiger partial charge in [-0.3, -0.25) is 18.6 Å². The lowest BCUT2D eigenvalue weighted by Crippen LogP contribution is -2.37. The van der Waals surface area contributed by atoms with Crippen molar-refractivity contribution in [2.75, 3.05) is 47.5 Å². The van der Waals surface area contributed by atoms with Crippen LogP contribution in [0.2, 0.25) is 0 Å². The molecule has 0 bridgehead atoms. The summed E-state index contributed by atoms with van der Waals surface area (Å²) < 4.78 is 34.5. The van der Waals surface area contributed by atoms with Crippen LogP contribution in [0.1, 0.15) is 206 Å². The fourth-order valence-corrected chi connectivity index (χ4v) is 8.03. The van der Waals surface area contributed by atoms with Crippen molar-refractivity contribution in [1.29, 1.82) is 0 Å². The first-order chi connectivity index (χ1) is 36.0. The summed E-state index contributed by atoms with van der Waals surface area (Å²) in [6.07, 6.45) is 78.1. The number of hydrogen-bond donors (Lipinski definition) is 1. The Balaban J connectivity index is 4.27. The molecular weight excluding hydrogens is 942 g/mol. The molecule has 0 saturated heterocycles. The van der Waals surface area contributed by atoms with Gasteiger partial charge in [-0.05, 0) is 103 Å². The Morgan fingerprint density at radius 3 is 1.12 bits per heavy atom.